The van der Waals surface area contributed by atoms with Crippen molar-refractivity contribution >= 4 is 39.1 Å². The number of ether oxygens (including phenoxy) is 1. The molecule has 0 spiro atoms. The number of esters is 1. The third-order valence-electron chi connectivity index (χ3n) is 5.10. The SMILES string of the molecule is CCOC(=O)c1nc2sc3c(c2c(=O)n1Cc1cccc(Cl)c1)CC[C@H](C)C3. The highest BCUT2D eigenvalue weighted by Crippen LogP contribution is 2.36. The molecule has 7 heteroatoms. The molecular weight excluding hydrogens is 396 g/mol. The number of carbonyl (C=O) groups is 1. The summed E-state index contributed by atoms with van der Waals surface area (Å²) in [4.78, 5) is 32.4. The Hall–Kier alpha value is -2.18. The van der Waals surface area contributed by atoms with Gasteiger partial charge in [0.25, 0.3) is 5.56 Å². The van der Waals surface area contributed by atoms with E-state index >= 15 is 0 Å². The number of rotatable bonds is 4. The lowest BCUT2D eigenvalue weighted by molar-refractivity contribution is 0.0505. The Kier molecular flexibility index (Phi) is 5.25. The number of nitrogens with zero attached hydrogens (tertiary/aromatic N) is 2. The quantitative estimate of drug-likeness (QED) is 0.589. The number of hydrogen-bond donors (Lipinski definition) is 0. The number of halogens is 1. The van der Waals surface area contributed by atoms with Gasteiger partial charge in [-0.05, 0) is 55.4 Å². The molecule has 3 aromatic rings. The van der Waals surface area contributed by atoms with E-state index in [2.05, 4.69) is 11.9 Å². The summed E-state index contributed by atoms with van der Waals surface area (Å²) in [5.74, 6) is 0.0630. The predicted molar refractivity (Wildman–Crippen MR) is 112 cm³/mol. The Bertz CT molecular complexity index is 1120. The van der Waals surface area contributed by atoms with Gasteiger partial charge in [-0.2, -0.15) is 0 Å². The standard InChI is InChI=1S/C21H21ClN2O3S/c1-3-27-21(26)18-23-19-17(15-8-7-12(2)9-16(15)28-19)20(25)24(18)11-13-5-4-6-14(22)10-13/h4-6,10,12H,3,7-9,11H2,1-2H3/t12-/m0/s1. The van der Waals surface area contributed by atoms with Crippen LogP contribution in [0.2, 0.25) is 5.02 Å². The Labute approximate surface area is 171 Å². The lowest BCUT2D eigenvalue weighted by atomic mass is 9.89. The molecule has 146 valence electrons. The first-order valence-corrected chi connectivity index (χ1v) is 10.6. The molecule has 0 saturated heterocycles. The fraction of sp³-hybridized carbons (Fsp3) is 0.381. The topological polar surface area (TPSA) is 61.2 Å². The minimum Gasteiger partial charge on any atom is -0.460 e. The normalized spacial score (nSPS) is 16.2. The second-order valence-electron chi connectivity index (χ2n) is 7.21. The molecular formula is C21H21ClN2O3S. The minimum absolute atomic E-state index is 0.0472. The van der Waals surface area contributed by atoms with Crippen molar-refractivity contribution < 1.29 is 9.53 Å². The summed E-state index contributed by atoms with van der Waals surface area (Å²) in [5, 5.41) is 1.24. The zero-order valence-corrected chi connectivity index (χ0v) is 17.4. The minimum atomic E-state index is -0.580. The molecule has 1 atom stereocenters. The predicted octanol–water partition coefficient (Wildman–Crippen LogP) is 4.46. The molecule has 1 aliphatic carbocycles. The van der Waals surface area contributed by atoms with Gasteiger partial charge < -0.3 is 4.74 Å². The molecule has 0 saturated carbocycles. The van der Waals surface area contributed by atoms with Crippen LogP contribution >= 0.6 is 22.9 Å². The van der Waals surface area contributed by atoms with Crippen molar-refractivity contribution in [1.82, 2.24) is 9.55 Å². The molecule has 1 aromatic carbocycles. The number of thiophene rings is 1. The Balaban J connectivity index is 1.91. The molecule has 0 amide bonds. The molecule has 2 heterocycles. The maximum Gasteiger partial charge on any atom is 0.374 e. The summed E-state index contributed by atoms with van der Waals surface area (Å²) in [7, 11) is 0. The molecule has 5 nitrogen and oxygen atoms in total. The van der Waals surface area contributed by atoms with Crippen LogP contribution in [0.4, 0.5) is 0 Å². The first-order valence-electron chi connectivity index (χ1n) is 9.44. The third kappa shape index (κ3) is 3.47. The molecule has 0 aliphatic heterocycles. The van der Waals surface area contributed by atoms with Crippen molar-refractivity contribution in [1.29, 1.82) is 0 Å². The van der Waals surface area contributed by atoms with Crippen LogP contribution in [-0.4, -0.2) is 22.1 Å². The Morgan fingerprint density at radius 1 is 1.43 bits per heavy atom. The number of aryl methyl sites for hydroxylation is 1. The smallest absolute Gasteiger partial charge is 0.374 e. The van der Waals surface area contributed by atoms with Gasteiger partial charge in [-0.15, -0.1) is 11.3 Å². The molecule has 2 aromatic heterocycles. The van der Waals surface area contributed by atoms with Crippen LogP contribution in [-0.2, 0) is 24.1 Å². The van der Waals surface area contributed by atoms with Gasteiger partial charge in [-0.25, -0.2) is 9.78 Å². The summed E-state index contributed by atoms with van der Waals surface area (Å²) in [6, 6.07) is 7.27. The lowest BCUT2D eigenvalue weighted by Gasteiger charge is -2.17. The summed E-state index contributed by atoms with van der Waals surface area (Å²) >= 11 is 7.63. The van der Waals surface area contributed by atoms with Crippen LogP contribution in [0, 0.1) is 5.92 Å². The van der Waals surface area contributed by atoms with Crippen molar-refractivity contribution in [2.24, 2.45) is 5.92 Å². The van der Waals surface area contributed by atoms with Crippen molar-refractivity contribution in [2.45, 2.75) is 39.7 Å². The maximum absolute atomic E-state index is 13.5. The summed E-state index contributed by atoms with van der Waals surface area (Å²) in [6.45, 7) is 4.41. The highest BCUT2D eigenvalue weighted by Gasteiger charge is 2.26. The van der Waals surface area contributed by atoms with Crippen molar-refractivity contribution in [3.05, 3.63) is 61.5 Å². The second kappa shape index (κ2) is 7.68. The summed E-state index contributed by atoms with van der Waals surface area (Å²) in [5.41, 5.74) is 1.75. The first kappa shape index (κ1) is 19.2. The molecule has 28 heavy (non-hydrogen) atoms. The number of benzene rings is 1. The number of carbonyl (C=O) groups excluding carboxylic acids is 1. The molecule has 0 fully saturated rings. The van der Waals surface area contributed by atoms with E-state index in [0.29, 0.717) is 21.2 Å². The van der Waals surface area contributed by atoms with Crippen LogP contribution in [0.25, 0.3) is 10.2 Å². The molecule has 1 aliphatic rings. The number of aromatic nitrogens is 2. The van der Waals surface area contributed by atoms with Gasteiger partial charge in [0.1, 0.15) is 4.83 Å². The second-order valence-corrected chi connectivity index (χ2v) is 8.73. The van der Waals surface area contributed by atoms with E-state index in [1.807, 2.05) is 12.1 Å². The van der Waals surface area contributed by atoms with E-state index in [4.69, 9.17) is 16.3 Å². The Morgan fingerprint density at radius 2 is 2.25 bits per heavy atom. The fourth-order valence-corrected chi connectivity index (χ4v) is 5.33. The van der Waals surface area contributed by atoms with Gasteiger partial charge in [0.05, 0.1) is 18.5 Å². The van der Waals surface area contributed by atoms with Crippen molar-refractivity contribution in [3.63, 3.8) is 0 Å². The highest BCUT2D eigenvalue weighted by atomic mass is 35.5. The van der Waals surface area contributed by atoms with Crippen molar-refractivity contribution in [3.8, 4) is 0 Å². The fourth-order valence-electron chi connectivity index (χ4n) is 3.74. The van der Waals surface area contributed by atoms with Crippen LogP contribution < -0.4 is 5.56 Å². The van der Waals surface area contributed by atoms with Crippen LogP contribution in [0.1, 0.15) is 46.9 Å². The van der Waals surface area contributed by atoms with Crippen molar-refractivity contribution in [2.75, 3.05) is 6.61 Å². The maximum atomic E-state index is 13.5. The van der Waals surface area contributed by atoms with Gasteiger partial charge in [0, 0.05) is 9.90 Å². The van der Waals surface area contributed by atoms with Gasteiger partial charge in [0.15, 0.2) is 0 Å². The van der Waals surface area contributed by atoms with E-state index in [9.17, 15) is 9.59 Å². The average Bonchev–Trinajstić information content (AvgIpc) is 3.01. The average molecular weight is 417 g/mol. The van der Waals surface area contributed by atoms with Gasteiger partial charge in [-0.1, -0.05) is 30.7 Å². The molecule has 0 radical (unpaired) electrons. The van der Waals surface area contributed by atoms with Gasteiger partial charge >= 0.3 is 5.97 Å². The molecule has 4 rings (SSSR count). The van der Waals surface area contributed by atoms with Crippen LogP contribution in [0.3, 0.4) is 0 Å². The molecule has 0 N–H and O–H groups in total. The van der Waals surface area contributed by atoms with Gasteiger partial charge in [-0.3, -0.25) is 9.36 Å². The highest BCUT2D eigenvalue weighted by molar-refractivity contribution is 7.18. The Morgan fingerprint density at radius 3 is 3.00 bits per heavy atom. The summed E-state index contributed by atoms with van der Waals surface area (Å²) in [6.07, 6.45) is 2.90. The van der Waals surface area contributed by atoms with E-state index in [1.54, 1.807) is 19.1 Å². The molecule has 0 unspecified atom stereocenters. The number of fused-ring (bicyclic) bond motifs is 3. The zero-order chi connectivity index (χ0) is 19.8. The van der Waals surface area contributed by atoms with Crippen LogP contribution in [0.5, 0.6) is 0 Å². The van der Waals surface area contributed by atoms with E-state index in [0.717, 1.165) is 30.4 Å². The zero-order valence-electron chi connectivity index (χ0n) is 15.8. The largest absolute Gasteiger partial charge is 0.460 e. The monoisotopic (exact) mass is 416 g/mol. The number of hydrogen-bond acceptors (Lipinski definition) is 5. The van der Waals surface area contributed by atoms with E-state index < -0.39 is 5.97 Å². The van der Waals surface area contributed by atoms with Gasteiger partial charge in [0.2, 0.25) is 5.82 Å². The van der Waals surface area contributed by atoms with Crippen LogP contribution in [0.15, 0.2) is 29.1 Å². The third-order valence-corrected chi connectivity index (χ3v) is 6.49. The van der Waals surface area contributed by atoms with E-state index in [1.165, 1.54) is 20.8 Å². The molecule has 0 bridgehead atoms. The van der Waals surface area contributed by atoms with E-state index in [-0.39, 0.29) is 24.5 Å². The lowest BCUT2D eigenvalue weighted by Crippen LogP contribution is -2.29. The first-order chi connectivity index (χ1) is 13.5. The summed E-state index contributed by atoms with van der Waals surface area (Å²) < 4.78 is 6.60.